The molecule has 0 radical (unpaired) electrons. The van der Waals surface area contributed by atoms with E-state index in [1.165, 1.54) is 0 Å². The number of anilines is 1. The zero-order valence-electron chi connectivity index (χ0n) is 10.7. The van der Waals surface area contributed by atoms with Gasteiger partial charge in [0.15, 0.2) is 0 Å². The van der Waals surface area contributed by atoms with Crippen LogP contribution >= 0.6 is 11.6 Å². The van der Waals surface area contributed by atoms with E-state index in [2.05, 4.69) is 29.6 Å². The van der Waals surface area contributed by atoms with Crippen molar-refractivity contribution >= 4 is 23.3 Å². The number of aromatic nitrogens is 1. The van der Waals surface area contributed by atoms with Crippen molar-refractivity contribution in [1.29, 1.82) is 0 Å². The van der Waals surface area contributed by atoms with Crippen LogP contribution in [0.15, 0.2) is 12.1 Å². The largest absolute Gasteiger partial charge is 0.351 e. The Balaban J connectivity index is 2.55. The molecule has 0 aliphatic rings. The van der Waals surface area contributed by atoms with Gasteiger partial charge in [-0.2, -0.15) is 0 Å². The molecule has 0 aliphatic heterocycles. The van der Waals surface area contributed by atoms with Crippen molar-refractivity contribution in [3.63, 3.8) is 0 Å². The lowest BCUT2D eigenvalue weighted by molar-refractivity contribution is 0.0948. The van der Waals surface area contributed by atoms with Crippen LogP contribution < -0.4 is 16.6 Å². The maximum Gasteiger partial charge on any atom is 0.271 e. The lowest BCUT2D eigenvalue weighted by Crippen LogP contribution is -2.26. The van der Waals surface area contributed by atoms with Crippen LogP contribution in [-0.4, -0.2) is 17.4 Å². The number of amides is 1. The standard InChI is InChI=1S/C12H19ClN4O/c1-8(2)4-3-7-15-12(18)11-9(13)5-6-10(16-11)17-14/h5-6,8H,3-4,7,14H2,1-2H3,(H,15,18)(H,16,17). The molecule has 0 spiro atoms. The second kappa shape index (κ2) is 7.18. The third-order valence-electron chi connectivity index (χ3n) is 2.45. The summed E-state index contributed by atoms with van der Waals surface area (Å²) in [5.41, 5.74) is 2.57. The predicted octanol–water partition coefficient (Wildman–Crippen LogP) is 2.19. The highest BCUT2D eigenvalue weighted by molar-refractivity contribution is 6.33. The molecule has 1 rings (SSSR count). The molecular formula is C12H19ClN4O. The summed E-state index contributed by atoms with van der Waals surface area (Å²) >= 11 is 5.92. The van der Waals surface area contributed by atoms with Crippen molar-refractivity contribution in [3.05, 3.63) is 22.8 Å². The molecule has 0 aliphatic carbocycles. The molecular weight excluding hydrogens is 252 g/mol. The average molecular weight is 271 g/mol. The molecule has 0 saturated carbocycles. The first-order valence-electron chi connectivity index (χ1n) is 5.96. The van der Waals surface area contributed by atoms with Crippen LogP contribution in [0, 0.1) is 5.92 Å². The van der Waals surface area contributed by atoms with E-state index in [-0.39, 0.29) is 11.6 Å². The molecule has 1 aromatic rings. The minimum Gasteiger partial charge on any atom is -0.351 e. The molecule has 6 heteroatoms. The van der Waals surface area contributed by atoms with E-state index in [0.717, 1.165) is 12.8 Å². The van der Waals surface area contributed by atoms with Crippen molar-refractivity contribution in [2.45, 2.75) is 26.7 Å². The van der Waals surface area contributed by atoms with Crippen LogP contribution in [0.2, 0.25) is 5.02 Å². The molecule has 0 saturated heterocycles. The first-order valence-corrected chi connectivity index (χ1v) is 6.33. The number of hydrogen-bond donors (Lipinski definition) is 3. The monoisotopic (exact) mass is 270 g/mol. The third kappa shape index (κ3) is 4.50. The van der Waals surface area contributed by atoms with E-state index in [1.807, 2.05) is 0 Å². The number of rotatable bonds is 6. The van der Waals surface area contributed by atoms with Crippen LogP contribution in [0.5, 0.6) is 0 Å². The van der Waals surface area contributed by atoms with E-state index in [1.54, 1.807) is 12.1 Å². The third-order valence-corrected chi connectivity index (χ3v) is 2.76. The maximum absolute atomic E-state index is 11.9. The fourth-order valence-corrected chi connectivity index (χ4v) is 1.67. The molecule has 0 unspecified atom stereocenters. The summed E-state index contributed by atoms with van der Waals surface area (Å²) in [6.07, 6.45) is 2.02. The van der Waals surface area contributed by atoms with Gasteiger partial charge in [-0.3, -0.25) is 4.79 Å². The van der Waals surface area contributed by atoms with Gasteiger partial charge in [0.25, 0.3) is 5.91 Å². The van der Waals surface area contributed by atoms with Crippen LogP contribution in [0.3, 0.4) is 0 Å². The highest BCUT2D eigenvalue weighted by Crippen LogP contribution is 2.16. The minimum atomic E-state index is -0.277. The Morgan fingerprint density at radius 2 is 2.22 bits per heavy atom. The number of pyridine rings is 1. The molecule has 5 nitrogen and oxygen atoms in total. The van der Waals surface area contributed by atoms with Crippen molar-refractivity contribution in [2.24, 2.45) is 11.8 Å². The molecule has 1 aromatic heterocycles. The van der Waals surface area contributed by atoms with Gasteiger partial charge < -0.3 is 10.7 Å². The van der Waals surface area contributed by atoms with Crippen molar-refractivity contribution in [3.8, 4) is 0 Å². The van der Waals surface area contributed by atoms with Crippen LogP contribution in [-0.2, 0) is 0 Å². The highest BCUT2D eigenvalue weighted by Gasteiger charge is 2.12. The van der Waals surface area contributed by atoms with E-state index in [9.17, 15) is 4.79 Å². The van der Waals surface area contributed by atoms with Gasteiger partial charge in [0.2, 0.25) is 0 Å². The summed E-state index contributed by atoms with van der Waals surface area (Å²) in [6, 6.07) is 3.20. The fraction of sp³-hybridized carbons (Fsp3) is 0.500. The zero-order chi connectivity index (χ0) is 13.5. The molecule has 0 atom stereocenters. The maximum atomic E-state index is 11.9. The van der Waals surface area contributed by atoms with Gasteiger partial charge in [-0.25, -0.2) is 10.8 Å². The van der Waals surface area contributed by atoms with Gasteiger partial charge in [-0.1, -0.05) is 25.4 Å². The second-order valence-corrected chi connectivity index (χ2v) is 4.87. The number of nitrogen functional groups attached to an aromatic ring is 1. The first-order chi connectivity index (χ1) is 8.54. The Hall–Kier alpha value is -1.33. The average Bonchev–Trinajstić information content (AvgIpc) is 2.34. The number of hydrogen-bond acceptors (Lipinski definition) is 4. The summed E-state index contributed by atoms with van der Waals surface area (Å²) < 4.78 is 0. The molecule has 1 amide bonds. The Morgan fingerprint density at radius 1 is 1.50 bits per heavy atom. The number of hydrazine groups is 1. The van der Waals surface area contributed by atoms with E-state index in [4.69, 9.17) is 17.4 Å². The fourth-order valence-electron chi connectivity index (χ4n) is 1.48. The zero-order valence-corrected chi connectivity index (χ0v) is 11.4. The van der Waals surface area contributed by atoms with E-state index >= 15 is 0 Å². The minimum absolute atomic E-state index is 0.191. The predicted molar refractivity (Wildman–Crippen MR) is 73.5 cm³/mol. The molecule has 100 valence electrons. The number of nitrogens with one attached hydrogen (secondary N) is 2. The van der Waals surface area contributed by atoms with E-state index < -0.39 is 0 Å². The Bertz CT molecular complexity index is 409. The number of halogens is 1. The number of nitrogens with two attached hydrogens (primary N) is 1. The summed E-state index contributed by atoms with van der Waals surface area (Å²) in [5, 5.41) is 3.11. The summed E-state index contributed by atoms with van der Waals surface area (Å²) in [7, 11) is 0. The quantitative estimate of drug-likeness (QED) is 0.421. The topological polar surface area (TPSA) is 80.0 Å². The van der Waals surface area contributed by atoms with Crippen LogP contribution in [0.25, 0.3) is 0 Å². The van der Waals surface area contributed by atoms with Gasteiger partial charge in [-0.05, 0) is 30.9 Å². The van der Waals surface area contributed by atoms with Crippen LogP contribution in [0.4, 0.5) is 5.82 Å². The Morgan fingerprint density at radius 3 is 2.83 bits per heavy atom. The SMILES string of the molecule is CC(C)CCCNC(=O)c1nc(NN)ccc1Cl. The van der Waals surface area contributed by atoms with E-state index in [0.29, 0.717) is 23.3 Å². The molecule has 1 heterocycles. The normalized spacial score (nSPS) is 10.5. The Kier molecular flexibility index (Phi) is 5.88. The van der Waals surface area contributed by atoms with Crippen molar-refractivity contribution in [1.82, 2.24) is 10.3 Å². The van der Waals surface area contributed by atoms with Gasteiger partial charge >= 0.3 is 0 Å². The molecule has 4 N–H and O–H groups in total. The molecule has 0 fully saturated rings. The lowest BCUT2D eigenvalue weighted by Gasteiger charge is -2.08. The van der Waals surface area contributed by atoms with Crippen molar-refractivity contribution < 1.29 is 4.79 Å². The van der Waals surface area contributed by atoms with Crippen LogP contribution in [0.1, 0.15) is 37.2 Å². The smallest absolute Gasteiger partial charge is 0.271 e. The second-order valence-electron chi connectivity index (χ2n) is 4.46. The van der Waals surface area contributed by atoms with Gasteiger partial charge in [0, 0.05) is 6.54 Å². The molecule has 0 bridgehead atoms. The van der Waals surface area contributed by atoms with Gasteiger partial charge in [0.05, 0.1) is 5.02 Å². The van der Waals surface area contributed by atoms with Gasteiger partial charge in [-0.15, -0.1) is 0 Å². The van der Waals surface area contributed by atoms with Gasteiger partial charge in [0.1, 0.15) is 11.5 Å². The highest BCUT2D eigenvalue weighted by atomic mass is 35.5. The Labute approximate surface area is 112 Å². The molecule has 18 heavy (non-hydrogen) atoms. The molecule has 0 aromatic carbocycles. The number of nitrogens with zero attached hydrogens (tertiary/aromatic N) is 1. The summed E-state index contributed by atoms with van der Waals surface area (Å²) in [6.45, 7) is 4.92. The number of carbonyl (C=O) groups excluding carboxylic acids is 1. The first kappa shape index (κ1) is 14.7. The van der Waals surface area contributed by atoms with Crippen molar-refractivity contribution in [2.75, 3.05) is 12.0 Å². The summed E-state index contributed by atoms with van der Waals surface area (Å²) in [5.74, 6) is 6.00. The number of carbonyl (C=O) groups is 1. The lowest BCUT2D eigenvalue weighted by atomic mass is 10.1. The summed E-state index contributed by atoms with van der Waals surface area (Å²) in [4.78, 5) is 15.9.